The highest BCUT2D eigenvalue weighted by Crippen LogP contribution is 2.30. The molecule has 3 amide bonds. The van der Waals surface area contributed by atoms with E-state index < -0.39 is 0 Å². The van der Waals surface area contributed by atoms with Crippen LogP contribution in [0.5, 0.6) is 0 Å². The van der Waals surface area contributed by atoms with Crippen LogP contribution < -0.4 is 77.5 Å². The van der Waals surface area contributed by atoms with E-state index in [1.807, 2.05) is 38.1 Å². The maximum absolute atomic E-state index is 13.5. The highest BCUT2D eigenvalue weighted by molar-refractivity contribution is 5.98. The van der Waals surface area contributed by atoms with Gasteiger partial charge in [-0.3, -0.25) is 43.5 Å². The Bertz CT molecular complexity index is 4230. The quantitative estimate of drug-likeness (QED) is 0.0182. The molecule has 6 aromatic rings. The van der Waals surface area contributed by atoms with Crippen molar-refractivity contribution >= 4 is 52.1 Å². The van der Waals surface area contributed by atoms with E-state index in [2.05, 4.69) is 237 Å². The van der Waals surface area contributed by atoms with Crippen LogP contribution in [0.3, 0.4) is 0 Å². The van der Waals surface area contributed by atoms with Crippen LogP contribution in [0.4, 0.5) is 17.1 Å². The number of anilines is 3. The molecule has 0 radical (unpaired) electrons. The van der Waals surface area contributed by atoms with E-state index in [4.69, 9.17) is 0 Å². The van der Waals surface area contributed by atoms with E-state index in [0.717, 1.165) is 284 Å². The number of nitrogens with zero attached hydrogens (tertiary/aromatic N) is 6. The summed E-state index contributed by atoms with van der Waals surface area (Å²) in [5, 5.41) is 17.1. The van der Waals surface area contributed by atoms with E-state index in [0.29, 0.717) is 56.2 Å². The molecular weight excluding hydrogens is 1790 g/mol. The van der Waals surface area contributed by atoms with Crippen molar-refractivity contribution in [2.45, 2.75) is 289 Å². The fourth-order valence-electron chi connectivity index (χ4n) is 19.4. The Kier molecular flexibility index (Phi) is 53.7. The van der Waals surface area contributed by atoms with Gasteiger partial charge in [-0.25, -0.2) is 0 Å². The van der Waals surface area contributed by atoms with Crippen molar-refractivity contribution in [2.75, 3.05) is 161 Å². The summed E-state index contributed by atoms with van der Waals surface area (Å²) < 4.78 is 2.48. The van der Waals surface area contributed by atoms with Crippen LogP contribution in [-0.2, 0) is 48.0 Å². The monoisotopic (exact) mass is 1950 g/mol. The van der Waals surface area contributed by atoms with E-state index in [9.17, 15) is 28.8 Å². The number of aryl methyl sites for hydroxylation is 12. The lowest BCUT2D eigenvalue weighted by Gasteiger charge is -2.40. The van der Waals surface area contributed by atoms with Crippen molar-refractivity contribution in [3.8, 4) is 0 Å². The van der Waals surface area contributed by atoms with Gasteiger partial charge in [0.1, 0.15) is 19.6 Å². The van der Waals surface area contributed by atoms with Crippen molar-refractivity contribution in [2.24, 2.45) is 0 Å². The number of unbranched alkanes of at least 4 members (excludes halogenated alkanes) is 7. The third-order valence-corrected chi connectivity index (χ3v) is 27.9. The first-order valence-electron chi connectivity index (χ1n) is 48.9. The second-order valence-corrected chi connectivity index (χ2v) is 38.4. The molecule has 128 heavy (non-hydrogen) atoms. The number of hydrogen-bond donors (Lipinski definition) is 5. The Morgan fingerprint density at radius 1 is 0.312 bits per heavy atom. The lowest BCUT2D eigenvalue weighted by molar-refractivity contribution is -0.918. The molecule has 0 aromatic heterocycles. The number of rotatable bonds is 49. The maximum atomic E-state index is 13.5. The minimum Gasteiger partial charge on any atom is -1.00 e. The number of likely N-dealkylation sites (N-methyl/N-ethyl adjacent to an activating group) is 3. The SMILES string of the molecule is CCCC[N+](C)(CCNCCCCCN1CCC1C(=O)Nc1c(C)cccc1C)CC(=O)Cc1c(C)cccc1C.CCC[N+](CC)(CCNCCCCCN1CCCCCCC1C(=O)Nc1c(C)cccc1C)CC(=O)Cc1c(C)cccc1C.CC[N+](C)(CCCCCN1CCCCCC1C(=O)Nc1c(C)cccc1C)CC(=O)Cc1c(C)cccc1C.[Br-].[Br-].[Br-]. The van der Waals surface area contributed by atoms with Crippen LogP contribution in [-0.4, -0.2) is 226 Å². The number of Topliss-reactive ketones (excluding diaryl/α,β-unsaturated/α-hetero) is 3. The Labute approximate surface area is 807 Å². The Morgan fingerprint density at radius 2 is 0.633 bits per heavy atom. The summed E-state index contributed by atoms with van der Waals surface area (Å²) in [5.74, 6) is 1.46. The molecule has 17 nitrogen and oxygen atoms in total. The van der Waals surface area contributed by atoms with Gasteiger partial charge in [-0.05, 0) is 316 Å². The molecule has 6 aromatic carbocycles. The smallest absolute Gasteiger partial charge is 0.241 e. The first kappa shape index (κ1) is 114. The summed E-state index contributed by atoms with van der Waals surface area (Å²) in [5.41, 5.74) is 20.5. The topological polar surface area (TPSA) is 172 Å². The predicted octanol–water partition coefficient (Wildman–Crippen LogP) is 10.6. The highest BCUT2D eigenvalue weighted by atomic mass is 79.9. The third-order valence-electron chi connectivity index (χ3n) is 27.9. The molecule has 20 heteroatoms. The Hall–Kier alpha value is -6.14. The number of para-hydroxylation sites is 3. The summed E-state index contributed by atoms with van der Waals surface area (Å²) in [7, 11) is 4.48. The summed E-state index contributed by atoms with van der Waals surface area (Å²) in [6.45, 7) is 52.6. The van der Waals surface area contributed by atoms with Crippen molar-refractivity contribution in [3.05, 3.63) is 193 Å². The number of carbonyl (C=O) groups is 6. The molecular formula is C108H170Br3N11O6. The maximum Gasteiger partial charge on any atom is 0.241 e. The van der Waals surface area contributed by atoms with Gasteiger partial charge in [0.25, 0.3) is 0 Å². The zero-order valence-electron chi connectivity index (χ0n) is 82.7. The summed E-state index contributed by atoms with van der Waals surface area (Å²) in [6.07, 6.45) is 26.2. The van der Waals surface area contributed by atoms with E-state index in [1.54, 1.807) is 0 Å². The van der Waals surface area contributed by atoms with Gasteiger partial charge in [-0.1, -0.05) is 174 Å². The molecule has 3 heterocycles. The van der Waals surface area contributed by atoms with E-state index in [-0.39, 0.29) is 86.8 Å². The molecule has 6 unspecified atom stereocenters. The van der Waals surface area contributed by atoms with Gasteiger partial charge in [0.2, 0.25) is 17.7 Å². The number of halogens is 3. The van der Waals surface area contributed by atoms with Crippen LogP contribution in [0.2, 0.25) is 0 Å². The van der Waals surface area contributed by atoms with Crippen LogP contribution in [0, 0.1) is 83.1 Å². The van der Waals surface area contributed by atoms with E-state index in [1.165, 1.54) is 82.2 Å². The summed E-state index contributed by atoms with van der Waals surface area (Å²) in [4.78, 5) is 86.4. The standard InChI is InChI=1S/C39H62N4O2.C35H54N4O2.C34H51N3O2.3BrH/c1-7-27-43(8-2,30-35(44)29-36-31(3)18-16-19-32(36)4)28-24-40-23-13-11-15-26-42-25-14-10-9-12-22-37(42)39(45)41-38-33(5)20-17-21-34(38)6;1-7-8-23-39(6,26-31(40)25-32-27(2)14-12-15-28(32)3)24-20-36-19-10-9-11-21-38-22-18-33(38)35(41)37-34-29(4)16-13-17-30(34)5;1-7-37(6,25-30(38)24-31-26(2)16-14-17-27(31)3)23-13-9-12-22-36-21-11-8-10-20-32(36)34(39)35-33-28(4)18-15-19-29(33)5;;;/h16-21,37,40H,7-15,22-30H2,1-6H3;12-17,33,36H,7-11,18-26H2,1-6H3;14-19,32H,7-13,20-25H2,1-6H3;3*1H. The number of nitrogens with one attached hydrogen (secondary N) is 5. The predicted molar refractivity (Wildman–Crippen MR) is 525 cm³/mol. The van der Waals surface area contributed by atoms with Crippen LogP contribution in [0.15, 0.2) is 109 Å². The molecule has 0 spiro atoms. The molecule has 0 bridgehead atoms. The normalized spacial score (nSPS) is 16.9. The van der Waals surface area contributed by atoms with Gasteiger partial charge in [-0.15, -0.1) is 0 Å². The van der Waals surface area contributed by atoms with E-state index >= 15 is 0 Å². The fraction of sp³-hybridized carbons (Fsp3) is 0.611. The third kappa shape index (κ3) is 38.1. The lowest BCUT2D eigenvalue weighted by Crippen LogP contribution is -3.00. The van der Waals surface area contributed by atoms with Gasteiger partial charge >= 0.3 is 0 Å². The first-order chi connectivity index (χ1) is 60.0. The van der Waals surface area contributed by atoms with Gasteiger partial charge in [0.05, 0.1) is 78.0 Å². The molecule has 3 saturated heterocycles. The Morgan fingerprint density at radius 3 is 0.984 bits per heavy atom. The number of carbonyl (C=O) groups excluding carboxylic acids is 6. The van der Waals surface area contributed by atoms with Crippen LogP contribution in [0.25, 0.3) is 0 Å². The fourth-order valence-corrected chi connectivity index (χ4v) is 19.4. The van der Waals surface area contributed by atoms with Gasteiger partial charge < -0.3 is 91.0 Å². The molecule has 9 rings (SSSR count). The van der Waals surface area contributed by atoms with Gasteiger partial charge in [0.15, 0.2) is 17.3 Å². The molecule has 0 aliphatic carbocycles. The van der Waals surface area contributed by atoms with Crippen molar-refractivity contribution in [3.63, 3.8) is 0 Å². The molecule has 714 valence electrons. The summed E-state index contributed by atoms with van der Waals surface area (Å²) in [6, 6.07) is 37.3. The second-order valence-electron chi connectivity index (χ2n) is 38.4. The summed E-state index contributed by atoms with van der Waals surface area (Å²) >= 11 is 0. The molecule has 0 saturated carbocycles. The number of ketones is 3. The van der Waals surface area contributed by atoms with Crippen LogP contribution >= 0.6 is 0 Å². The first-order valence-corrected chi connectivity index (χ1v) is 48.9. The lowest BCUT2D eigenvalue weighted by atomic mass is 9.97. The van der Waals surface area contributed by atoms with Gasteiger partial charge in [0, 0.05) is 56.0 Å². The number of amides is 3. The zero-order chi connectivity index (χ0) is 90.9. The van der Waals surface area contributed by atoms with Gasteiger partial charge in [-0.2, -0.15) is 0 Å². The Balaban J connectivity index is 0.000000399. The molecule has 3 aliphatic heterocycles. The minimum atomic E-state index is -0.0503. The van der Waals surface area contributed by atoms with Crippen molar-refractivity contribution in [1.29, 1.82) is 0 Å². The number of hydrogen-bond acceptors (Lipinski definition) is 11. The van der Waals surface area contributed by atoms with Crippen molar-refractivity contribution < 1.29 is 93.2 Å². The van der Waals surface area contributed by atoms with Crippen LogP contribution in [0.1, 0.15) is 252 Å². The number of benzene rings is 6. The zero-order valence-corrected chi connectivity index (χ0v) is 87.5. The average Bonchev–Trinajstić information content (AvgIpc) is 0.870. The second kappa shape index (κ2) is 60.2. The highest BCUT2D eigenvalue weighted by Gasteiger charge is 2.36. The molecule has 5 N–H and O–H groups in total. The minimum absolute atomic E-state index is 0. The number of quaternary nitrogens is 3. The molecule has 3 aliphatic rings. The largest absolute Gasteiger partial charge is 1.00 e. The number of likely N-dealkylation sites (tertiary alicyclic amines) is 3. The van der Waals surface area contributed by atoms with Crippen molar-refractivity contribution in [1.82, 2.24) is 25.3 Å². The molecule has 3 fully saturated rings. The average molecular weight is 1960 g/mol. The molecule has 6 atom stereocenters.